The van der Waals surface area contributed by atoms with Gasteiger partial charge in [0.15, 0.2) is 0 Å². The van der Waals surface area contributed by atoms with E-state index in [1.807, 2.05) is 38.1 Å². The number of urea groups is 1. The predicted octanol–water partition coefficient (Wildman–Crippen LogP) is 4.88. The number of hydrogen-bond acceptors (Lipinski definition) is 3. The monoisotopic (exact) mass is 394 g/mol. The van der Waals surface area contributed by atoms with Gasteiger partial charge in [-0.3, -0.25) is 0 Å². The third-order valence-electron chi connectivity index (χ3n) is 3.95. The lowest BCUT2D eigenvalue weighted by Gasteiger charge is -2.26. The second-order valence-corrected chi connectivity index (χ2v) is 7.23. The van der Waals surface area contributed by atoms with Crippen molar-refractivity contribution in [3.05, 3.63) is 63.6 Å². The summed E-state index contributed by atoms with van der Waals surface area (Å²) in [6.45, 7) is 4.43. The molecule has 0 unspecified atom stereocenters. The van der Waals surface area contributed by atoms with Crippen LogP contribution in [0.3, 0.4) is 0 Å². The maximum Gasteiger partial charge on any atom is 0.337 e. The zero-order valence-corrected chi connectivity index (χ0v) is 16.2. The highest BCUT2D eigenvalue weighted by Gasteiger charge is 2.21. The second-order valence-electron chi connectivity index (χ2n) is 6.38. The quantitative estimate of drug-likeness (QED) is 0.710. The van der Waals surface area contributed by atoms with Gasteiger partial charge in [0, 0.05) is 17.0 Å². The molecule has 0 aliphatic rings. The SMILES string of the molecule is COC(=O)c1ccc(Cl)c(NC(=O)NCC(C)(C)c2ccc(Cl)cc2)c1. The van der Waals surface area contributed by atoms with Crippen molar-refractivity contribution in [1.82, 2.24) is 5.32 Å². The molecular weight excluding hydrogens is 375 g/mol. The first-order valence-corrected chi connectivity index (χ1v) is 8.67. The number of anilines is 1. The highest BCUT2D eigenvalue weighted by Crippen LogP contribution is 2.25. The van der Waals surface area contributed by atoms with Crippen LogP contribution in [0.4, 0.5) is 10.5 Å². The molecular formula is C19H20Cl2N2O3. The van der Waals surface area contributed by atoms with Crippen molar-refractivity contribution in [2.45, 2.75) is 19.3 Å². The summed E-state index contributed by atoms with van der Waals surface area (Å²) < 4.78 is 4.67. The Labute approximate surface area is 162 Å². The van der Waals surface area contributed by atoms with Crippen LogP contribution in [-0.2, 0) is 10.2 Å². The van der Waals surface area contributed by atoms with E-state index in [2.05, 4.69) is 15.4 Å². The molecule has 2 aromatic rings. The lowest BCUT2D eigenvalue weighted by Crippen LogP contribution is -2.39. The van der Waals surface area contributed by atoms with Gasteiger partial charge in [-0.15, -0.1) is 0 Å². The van der Waals surface area contributed by atoms with E-state index in [0.29, 0.717) is 27.8 Å². The van der Waals surface area contributed by atoms with Crippen LogP contribution in [-0.4, -0.2) is 25.7 Å². The first-order valence-electron chi connectivity index (χ1n) is 7.92. The van der Waals surface area contributed by atoms with E-state index in [4.69, 9.17) is 23.2 Å². The van der Waals surface area contributed by atoms with Gasteiger partial charge in [-0.25, -0.2) is 9.59 Å². The number of ether oxygens (including phenoxy) is 1. The number of esters is 1. The zero-order chi connectivity index (χ0) is 19.3. The fraction of sp³-hybridized carbons (Fsp3) is 0.263. The average molecular weight is 395 g/mol. The van der Waals surface area contributed by atoms with E-state index in [1.165, 1.54) is 25.3 Å². The summed E-state index contributed by atoms with van der Waals surface area (Å²) in [5, 5.41) is 6.45. The Morgan fingerprint density at radius 3 is 2.35 bits per heavy atom. The van der Waals surface area contributed by atoms with Crippen molar-refractivity contribution in [2.24, 2.45) is 0 Å². The minimum atomic E-state index is -0.506. The molecule has 2 rings (SSSR count). The van der Waals surface area contributed by atoms with Crippen LogP contribution in [0.15, 0.2) is 42.5 Å². The van der Waals surface area contributed by atoms with E-state index < -0.39 is 12.0 Å². The standard InChI is InChI=1S/C19H20Cl2N2O3/c1-19(2,13-5-7-14(20)8-6-13)11-22-18(25)23-16-10-12(17(24)26-3)4-9-15(16)21/h4-10H,11H2,1-3H3,(H2,22,23,25). The molecule has 0 heterocycles. The van der Waals surface area contributed by atoms with Gasteiger partial charge in [0.25, 0.3) is 0 Å². The number of benzene rings is 2. The van der Waals surface area contributed by atoms with Gasteiger partial charge in [-0.05, 0) is 35.9 Å². The van der Waals surface area contributed by atoms with Gasteiger partial charge in [-0.1, -0.05) is 49.2 Å². The van der Waals surface area contributed by atoms with Crippen LogP contribution < -0.4 is 10.6 Å². The maximum atomic E-state index is 12.2. The van der Waals surface area contributed by atoms with Crippen molar-refractivity contribution in [3.63, 3.8) is 0 Å². The van der Waals surface area contributed by atoms with Crippen LogP contribution in [0.5, 0.6) is 0 Å². The summed E-state index contributed by atoms with van der Waals surface area (Å²) >= 11 is 12.0. The summed E-state index contributed by atoms with van der Waals surface area (Å²) in [4.78, 5) is 23.8. The molecule has 7 heteroatoms. The molecule has 0 spiro atoms. The van der Waals surface area contributed by atoms with Crippen molar-refractivity contribution in [1.29, 1.82) is 0 Å². The first-order chi connectivity index (χ1) is 12.2. The fourth-order valence-electron chi connectivity index (χ4n) is 2.34. The van der Waals surface area contributed by atoms with Crippen molar-refractivity contribution >= 4 is 40.9 Å². The molecule has 2 aromatic carbocycles. The minimum absolute atomic E-state index is 0.292. The van der Waals surface area contributed by atoms with Crippen molar-refractivity contribution < 1.29 is 14.3 Å². The molecule has 0 aliphatic heterocycles. The molecule has 0 radical (unpaired) electrons. The molecule has 0 fully saturated rings. The van der Waals surface area contributed by atoms with E-state index in [-0.39, 0.29) is 5.41 Å². The molecule has 0 bridgehead atoms. The molecule has 2 amide bonds. The summed E-state index contributed by atoms with van der Waals surface area (Å²) in [7, 11) is 1.29. The van der Waals surface area contributed by atoms with Gasteiger partial charge in [0.1, 0.15) is 0 Å². The fourth-order valence-corrected chi connectivity index (χ4v) is 2.63. The Balaban J connectivity index is 2.02. The van der Waals surface area contributed by atoms with Gasteiger partial charge >= 0.3 is 12.0 Å². The van der Waals surface area contributed by atoms with Crippen molar-refractivity contribution in [2.75, 3.05) is 19.0 Å². The number of carbonyl (C=O) groups is 2. The van der Waals surface area contributed by atoms with Gasteiger partial charge < -0.3 is 15.4 Å². The number of carbonyl (C=O) groups excluding carboxylic acids is 2. The summed E-state index contributed by atoms with van der Waals surface area (Å²) in [6.07, 6.45) is 0. The van der Waals surface area contributed by atoms with Crippen LogP contribution in [0.2, 0.25) is 10.0 Å². The van der Waals surface area contributed by atoms with E-state index in [9.17, 15) is 9.59 Å². The normalized spacial score (nSPS) is 11.0. The lowest BCUT2D eigenvalue weighted by atomic mass is 9.85. The molecule has 138 valence electrons. The molecule has 0 aliphatic carbocycles. The summed E-state index contributed by atoms with van der Waals surface area (Å²) in [5.41, 5.74) is 1.39. The molecule has 0 saturated heterocycles. The Kier molecular flexibility index (Phi) is 6.51. The van der Waals surface area contributed by atoms with Crippen LogP contribution in [0, 0.1) is 0 Å². The highest BCUT2D eigenvalue weighted by molar-refractivity contribution is 6.33. The number of amides is 2. The lowest BCUT2D eigenvalue weighted by molar-refractivity contribution is 0.0600. The largest absolute Gasteiger partial charge is 0.465 e. The van der Waals surface area contributed by atoms with Gasteiger partial charge in [0.05, 0.1) is 23.4 Å². The molecule has 5 nitrogen and oxygen atoms in total. The smallest absolute Gasteiger partial charge is 0.337 e. The predicted molar refractivity (Wildman–Crippen MR) is 104 cm³/mol. The van der Waals surface area contributed by atoms with Crippen LogP contribution >= 0.6 is 23.2 Å². The second kappa shape index (κ2) is 8.43. The molecule has 0 saturated carbocycles. The first kappa shape index (κ1) is 20.1. The number of halogens is 2. The third kappa shape index (κ3) is 5.13. The average Bonchev–Trinajstić information content (AvgIpc) is 2.61. The molecule has 2 N–H and O–H groups in total. The Morgan fingerprint density at radius 2 is 1.73 bits per heavy atom. The number of methoxy groups -OCH3 is 1. The molecule has 26 heavy (non-hydrogen) atoms. The van der Waals surface area contributed by atoms with Crippen LogP contribution in [0.1, 0.15) is 29.8 Å². The Bertz CT molecular complexity index is 805. The summed E-state index contributed by atoms with van der Waals surface area (Å²) in [5.74, 6) is -0.506. The Hall–Kier alpha value is -2.24. The number of rotatable bonds is 5. The van der Waals surface area contributed by atoms with Crippen LogP contribution in [0.25, 0.3) is 0 Å². The zero-order valence-electron chi connectivity index (χ0n) is 14.7. The minimum Gasteiger partial charge on any atom is -0.465 e. The summed E-state index contributed by atoms with van der Waals surface area (Å²) in [6, 6.07) is 11.6. The maximum absolute atomic E-state index is 12.2. The van der Waals surface area contributed by atoms with Gasteiger partial charge in [0.2, 0.25) is 0 Å². The van der Waals surface area contributed by atoms with Crippen molar-refractivity contribution in [3.8, 4) is 0 Å². The van der Waals surface area contributed by atoms with Gasteiger partial charge in [-0.2, -0.15) is 0 Å². The Morgan fingerprint density at radius 1 is 1.08 bits per heavy atom. The topological polar surface area (TPSA) is 67.4 Å². The number of hydrogen-bond donors (Lipinski definition) is 2. The molecule has 0 aromatic heterocycles. The van der Waals surface area contributed by atoms with E-state index in [0.717, 1.165) is 5.56 Å². The molecule has 0 atom stereocenters. The van der Waals surface area contributed by atoms with E-state index >= 15 is 0 Å². The highest BCUT2D eigenvalue weighted by atomic mass is 35.5. The third-order valence-corrected chi connectivity index (χ3v) is 4.53. The number of nitrogens with one attached hydrogen (secondary N) is 2. The van der Waals surface area contributed by atoms with E-state index in [1.54, 1.807) is 0 Å².